The van der Waals surface area contributed by atoms with Gasteiger partial charge in [-0.2, -0.15) is 17.6 Å². The highest BCUT2D eigenvalue weighted by atomic mass is 31.1. The van der Waals surface area contributed by atoms with Gasteiger partial charge in [0.2, 0.25) is 58.2 Å². The molecule has 0 N–H and O–H groups in total. The minimum atomic E-state index is -6.00. The summed E-state index contributed by atoms with van der Waals surface area (Å²) in [6, 6.07) is 0. The van der Waals surface area contributed by atoms with Gasteiger partial charge in [0.25, 0.3) is 0 Å². The van der Waals surface area contributed by atoms with Crippen LogP contribution in [0.2, 0.25) is 0 Å². The Kier molecular flexibility index (Phi) is 7.32. The van der Waals surface area contributed by atoms with Crippen LogP contribution >= 0.6 is 8.58 Å². The molecule has 0 bridgehead atoms. The first-order valence-electron chi connectivity index (χ1n) is 6.34. The molecule has 0 aliphatic carbocycles. The highest BCUT2D eigenvalue weighted by molar-refractivity contribution is 7.55. The van der Waals surface area contributed by atoms with Crippen molar-refractivity contribution >= 4 is 26.4 Å². The average Bonchev–Trinajstić information content (AvgIpc) is 2.59. The predicted molar refractivity (Wildman–Crippen MR) is 71.6 cm³/mol. The first-order valence-corrected chi connectivity index (χ1v) is 7.49. The molecule has 0 atom stereocenters. The van der Waals surface area contributed by atoms with Gasteiger partial charge in [-0.05, 0) is 0 Å². The van der Waals surface area contributed by atoms with E-state index in [1.54, 1.807) is 0 Å². The standard InChI is InChI=1S/C12HF10P.BF4/c13-1-3(15)7(19)11(8(20)4(1)16)23-12-9(21)5(17)2(14)6(18)10(12)22;2-1(3,4)5/h23H;/q;-1/p+1. The molecule has 0 aliphatic heterocycles. The van der Waals surface area contributed by atoms with Crippen LogP contribution in [0.4, 0.5) is 61.2 Å². The molecule has 0 aromatic heterocycles. The fourth-order valence-corrected chi connectivity index (χ4v) is 2.94. The van der Waals surface area contributed by atoms with E-state index in [0.29, 0.717) is 0 Å². The second-order valence-corrected chi connectivity index (χ2v) is 6.05. The molecular weight excluding hydrogens is 452 g/mol. The summed E-state index contributed by atoms with van der Waals surface area (Å²) in [6.45, 7) is 0. The topological polar surface area (TPSA) is 0 Å². The van der Waals surface area contributed by atoms with Crippen molar-refractivity contribution in [3.63, 3.8) is 0 Å². The largest absolute Gasteiger partial charge is 0.673 e. The van der Waals surface area contributed by atoms with Crippen LogP contribution in [0.3, 0.4) is 0 Å². The average molecular weight is 454 g/mol. The Balaban J connectivity index is 0.000000696. The lowest BCUT2D eigenvalue weighted by Crippen LogP contribution is -2.23. The van der Waals surface area contributed by atoms with E-state index in [-0.39, 0.29) is 0 Å². The van der Waals surface area contributed by atoms with Gasteiger partial charge in [-0.25, -0.2) is 26.3 Å². The van der Waals surface area contributed by atoms with Gasteiger partial charge < -0.3 is 17.3 Å². The summed E-state index contributed by atoms with van der Waals surface area (Å²) in [4.78, 5) is 0. The summed E-state index contributed by atoms with van der Waals surface area (Å²) >= 11 is 0. The highest BCUT2D eigenvalue weighted by Crippen LogP contribution is 2.27. The summed E-state index contributed by atoms with van der Waals surface area (Å²) in [5.41, 5.74) is 0. The van der Waals surface area contributed by atoms with Crippen molar-refractivity contribution in [2.75, 3.05) is 0 Å². The van der Waals surface area contributed by atoms with Gasteiger partial charge >= 0.3 is 7.25 Å². The number of hydrogen-bond acceptors (Lipinski definition) is 0. The van der Waals surface area contributed by atoms with E-state index in [9.17, 15) is 61.2 Å². The van der Waals surface area contributed by atoms with Gasteiger partial charge in [-0.1, -0.05) is 0 Å². The second kappa shape index (κ2) is 8.54. The van der Waals surface area contributed by atoms with Gasteiger partial charge in [0.1, 0.15) is 0 Å². The number of rotatable bonds is 2. The SMILES string of the molecule is F[B-](F)(F)F.Fc1c(F)c(F)c([PH2+]c2c(F)c(F)c(F)c(F)c2F)c(F)c1F. The monoisotopic (exact) mass is 454 g/mol. The molecule has 0 heterocycles. The minimum Gasteiger partial charge on any atom is -0.418 e. The third-order valence-electron chi connectivity index (χ3n) is 2.78. The van der Waals surface area contributed by atoms with Crippen LogP contribution < -0.4 is 10.6 Å². The maximum atomic E-state index is 13.4. The molecule has 28 heavy (non-hydrogen) atoms. The summed E-state index contributed by atoms with van der Waals surface area (Å²) < 4.78 is 170. The summed E-state index contributed by atoms with van der Waals surface area (Å²) in [6.07, 6.45) is 0. The summed E-state index contributed by atoms with van der Waals surface area (Å²) in [5, 5.41) is -3.30. The molecule has 0 radical (unpaired) electrons. The zero-order chi connectivity index (χ0) is 22.1. The Labute approximate surface area is 147 Å². The maximum Gasteiger partial charge on any atom is 0.673 e. The lowest BCUT2D eigenvalue weighted by atomic mass is 10.3. The fraction of sp³-hybridized carbons (Fsp3) is 0. The Hall–Kier alpha value is -2.05. The third-order valence-corrected chi connectivity index (χ3v) is 4.37. The molecule has 0 aliphatic rings. The van der Waals surface area contributed by atoms with Crippen molar-refractivity contribution in [2.45, 2.75) is 0 Å². The Morgan fingerprint density at radius 1 is 0.357 bits per heavy atom. The molecule has 0 spiro atoms. The number of hydrogen-bond donors (Lipinski definition) is 0. The molecule has 0 saturated carbocycles. The van der Waals surface area contributed by atoms with Crippen molar-refractivity contribution in [1.82, 2.24) is 0 Å². The summed E-state index contributed by atoms with van der Waals surface area (Å²) in [5.74, 6) is -24.2. The maximum absolute atomic E-state index is 13.4. The smallest absolute Gasteiger partial charge is 0.418 e. The van der Waals surface area contributed by atoms with Gasteiger partial charge in [0.05, 0.1) is 8.58 Å². The van der Waals surface area contributed by atoms with E-state index >= 15 is 0 Å². The van der Waals surface area contributed by atoms with E-state index in [1.165, 1.54) is 0 Å². The van der Waals surface area contributed by atoms with Crippen molar-refractivity contribution in [3.8, 4) is 0 Å². The molecule has 156 valence electrons. The van der Waals surface area contributed by atoms with E-state index in [1.807, 2.05) is 0 Å². The predicted octanol–water partition coefficient (Wildman–Crippen LogP) is 4.74. The van der Waals surface area contributed by atoms with Gasteiger partial charge in [-0.3, -0.25) is 0 Å². The molecular formula is C12H2BF14P. The third kappa shape index (κ3) is 5.06. The fourth-order valence-electron chi connectivity index (χ4n) is 1.64. The lowest BCUT2D eigenvalue weighted by molar-refractivity contribution is 0.368. The van der Waals surface area contributed by atoms with Crippen molar-refractivity contribution in [3.05, 3.63) is 58.2 Å². The molecule has 2 rings (SSSR count). The minimum absolute atomic E-state index is 1.65. The van der Waals surface area contributed by atoms with Crippen molar-refractivity contribution in [1.29, 1.82) is 0 Å². The van der Waals surface area contributed by atoms with Crippen LogP contribution in [0, 0.1) is 58.2 Å². The van der Waals surface area contributed by atoms with Crippen LogP contribution in [-0.4, -0.2) is 7.25 Å². The van der Waals surface area contributed by atoms with Gasteiger partial charge in [0.15, 0.2) is 10.6 Å². The quantitative estimate of drug-likeness (QED) is 0.203. The van der Waals surface area contributed by atoms with E-state index in [0.717, 1.165) is 0 Å². The van der Waals surface area contributed by atoms with Crippen LogP contribution in [0.15, 0.2) is 0 Å². The van der Waals surface area contributed by atoms with Crippen molar-refractivity contribution < 1.29 is 61.2 Å². The molecule has 0 unspecified atom stereocenters. The van der Waals surface area contributed by atoms with Gasteiger partial charge in [-0.15, -0.1) is 0 Å². The first kappa shape index (κ1) is 24.0. The lowest BCUT2D eigenvalue weighted by Gasteiger charge is -2.06. The summed E-state index contributed by atoms with van der Waals surface area (Å²) in [7, 11) is -8.65. The van der Waals surface area contributed by atoms with E-state index < -0.39 is 84.6 Å². The second-order valence-electron chi connectivity index (χ2n) is 4.61. The Bertz CT molecular complexity index is 777. The number of benzene rings is 2. The van der Waals surface area contributed by atoms with E-state index in [2.05, 4.69) is 0 Å². The Morgan fingerprint density at radius 3 is 0.679 bits per heavy atom. The van der Waals surface area contributed by atoms with E-state index in [4.69, 9.17) is 0 Å². The Morgan fingerprint density at radius 2 is 0.500 bits per heavy atom. The molecule has 0 fully saturated rings. The zero-order valence-corrected chi connectivity index (χ0v) is 13.6. The molecule has 16 heteroatoms. The van der Waals surface area contributed by atoms with Crippen molar-refractivity contribution in [2.24, 2.45) is 0 Å². The molecule has 0 nitrogen and oxygen atoms in total. The van der Waals surface area contributed by atoms with Crippen LogP contribution in [0.25, 0.3) is 0 Å². The highest BCUT2D eigenvalue weighted by Gasteiger charge is 2.35. The first-order chi connectivity index (χ1) is 12.6. The zero-order valence-electron chi connectivity index (χ0n) is 12.4. The van der Waals surface area contributed by atoms with Crippen LogP contribution in [-0.2, 0) is 0 Å². The molecule has 2 aromatic rings. The van der Waals surface area contributed by atoms with Crippen LogP contribution in [0.5, 0.6) is 0 Å². The van der Waals surface area contributed by atoms with Crippen LogP contribution in [0.1, 0.15) is 0 Å². The van der Waals surface area contributed by atoms with Gasteiger partial charge in [0, 0.05) is 0 Å². The molecule has 2 aromatic carbocycles. The molecule has 0 saturated heterocycles. The number of halogens is 14. The normalized spacial score (nSPS) is 11.4. The molecule has 0 amide bonds.